The van der Waals surface area contributed by atoms with E-state index >= 15 is 0 Å². The Morgan fingerprint density at radius 3 is 2.06 bits per heavy atom. The molecule has 0 aromatic carbocycles. The van der Waals surface area contributed by atoms with Gasteiger partial charge in [-0.1, -0.05) is 19.3 Å². The van der Waals surface area contributed by atoms with E-state index in [1.165, 1.54) is 12.8 Å². The average Bonchev–Trinajstić information content (AvgIpc) is 2.25. The van der Waals surface area contributed by atoms with Crippen LogP contribution in [0.25, 0.3) is 0 Å². The highest BCUT2D eigenvalue weighted by Crippen LogP contribution is 2.02. The van der Waals surface area contributed by atoms with Crippen molar-refractivity contribution in [2.45, 2.75) is 58.3 Å². The van der Waals surface area contributed by atoms with Crippen LogP contribution < -0.4 is 5.73 Å². The molecule has 0 amide bonds. The van der Waals surface area contributed by atoms with Gasteiger partial charge in [0.15, 0.2) is 0 Å². The first-order valence-corrected chi connectivity index (χ1v) is 6.54. The number of nitrogens with two attached hydrogens (primary N) is 1. The molecule has 0 aliphatic rings. The summed E-state index contributed by atoms with van der Waals surface area (Å²) in [4.78, 5) is 10.7. The molecule has 0 aliphatic heterocycles. The van der Waals surface area contributed by atoms with E-state index in [9.17, 15) is 4.79 Å². The second kappa shape index (κ2) is 12.7. The molecule has 96 valence electrons. The molecular formula is C13H27NO2. The minimum Gasteiger partial charge on any atom is -0.381 e. The Labute approximate surface area is 99.7 Å². The Morgan fingerprint density at radius 2 is 1.50 bits per heavy atom. The van der Waals surface area contributed by atoms with E-state index in [2.05, 4.69) is 0 Å². The summed E-state index contributed by atoms with van der Waals surface area (Å²) in [7, 11) is 0. The minimum atomic E-state index is 0.292. The fourth-order valence-electron chi connectivity index (χ4n) is 1.56. The number of carbonyl (C=O) groups is 1. The number of rotatable bonds is 12. The molecule has 0 aliphatic carbocycles. The molecule has 16 heavy (non-hydrogen) atoms. The molecule has 0 saturated carbocycles. The molecule has 0 radical (unpaired) electrons. The lowest BCUT2D eigenvalue weighted by Crippen LogP contribution is -2.00. The van der Waals surface area contributed by atoms with Crippen molar-refractivity contribution in [1.82, 2.24) is 0 Å². The van der Waals surface area contributed by atoms with Crippen molar-refractivity contribution < 1.29 is 9.53 Å². The summed E-state index contributed by atoms with van der Waals surface area (Å²) < 4.78 is 5.50. The van der Waals surface area contributed by atoms with Crippen molar-refractivity contribution in [2.24, 2.45) is 5.73 Å². The van der Waals surface area contributed by atoms with Crippen molar-refractivity contribution in [1.29, 1.82) is 0 Å². The Kier molecular flexibility index (Phi) is 12.3. The van der Waals surface area contributed by atoms with E-state index in [0.29, 0.717) is 5.78 Å². The van der Waals surface area contributed by atoms with Gasteiger partial charge in [-0.2, -0.15) is 0 Å². The number of hydrogen-bond acceptors (Lipinski definition) is 3. The number of ether oxygens (including phenoxy) is 1. The summed E-state index contributed by atoms with van der Waals surface area (Å²) in [6, 6.07) is 0. The van der Waals surface area contributed by atoms with Crippen LogP contribution in [-0.4, -0.2) is 25.5 Å². The third-order valence-electron chi connectivity index (χ3n) is 2.56. The monoisotopic (exact) mass is 229 g/mol. The van der Waals surface area contributed by atoms with E-state index in [-0.39, 0.29) is 0 Å². The first-order valence-electron chi connectivity index (χ1n) is 6.54. The molecule has 0 saturated heterocycles. The van der Waals surface area contributed by atoms with Gasteiger partial charge in [0.05, 0.1) is 0 Å². The third kappa shape index (κ3) is 13.6. The molecule has 0 rings (SSSR count). The van der Waals surface area contributed by atoms with E-state index in [1.807, 2.05) is 0 Å². The van der Waals surface area contributed by atoms with Crippen molar-refractivity contribution in [3.63, 3.8) is 0 Å². The molecule has 3 heteroatoms. The number of carbonyl (C=O) groups excluding carboxylic acids is 1. The Balaban J connectivity index is 2.90. The summed E-state index contributed by atoms with van der Waals surface area (Å²) in [5.41, 5.74) is 5.40. The summed E-state index contributed by atoms with van der Waals surface area (Å²) in [6.07, 6.45) is 8.63. The third-order valence-corrected chi connectivity index (χ3v) is 2.56. The van der Waals surface area contributed by atoms with E-state index < -0.39 is 0 Å². The number of unbranched alkanes of at least 4 members (excludes halogenated alkanes) is 5. The Bertz CT molecular complexity index is 160. The highest BCUT2D eigenvalue weighted by molar-refractivity contribution is 5.75. The fraction of sp³-hybridized carbons (Fsp3) is 0.923. The molecular weight excluding hydrogens is 202 g/mol. The van der Waals surface area contributed by atoms with E-state index in [0.717, 1.165) is 58.3 Å². The van der Waals surface area contributed by atoms with Gasteiger partial charge in [0.25, 0.3) is 0 Å². The zero-order chi connectivity index (χ0) is 12.1. The predicted octanol–water partition coefficient (Wildman–Crippen LogP) is 2.67. The zero-order valence-electron chi connectivity index (χ0n) is 10.7. The van der Waals surface area contributed by atoms with Crippen molar-refractivity contribution in [3.8, 4) is 0 Å². The molecule has 0 fully saturated rings. The summed E-state index contributed by atoms with van der Waals surface area (Å²) >= 11 is 0. The normalized spacial score (nSPS) is 10.6. The van der Waals surface area contributed by atoms with Crippen molar-refractivity contribution >= 4 is 5.78 Å². The average molecular weight is 229 g/mol. The molecule has 0 heterocycles. The van der Waals surface area contributed by atoms with Gasteiger partial charge in [-0.15, -0.1) is 0 Å². The maximum atomic E-state index is 10.7. The smallest absolute Gasteiger partial charge is 0.129 e. The topological polar surface area (TPSA) is 52.3 Å². The van der Waals surface area contributed by atoms with Gasteiger partial charge in [-0.3, -0.25) is 0 Å². The number of hydrogen-bond donors (Lipinski definition) is 1. The van der Waals surface area contributed by atoms with Gasteiger partial charge in [-0.25, -0.2) is 0 Å². The van der Waals surface area contributed by atoms with Gasteiger partial charge >= 0.3 is 0 Å². The lowest BCUT2D eigenvalue weighted by molar-refractivity contribution is -0.117. The molecule has 0 unspecified atom stereocenters. The van der Waals surface area contributed by atoms with Crippen LogP contribution in [0.5, 0.6) is 0 Å². The van der Waals surface area contributed by atoms with Crippen molar-refractivity contribution in [2.75, 3.05) is 19.8 Å². The highest BCUT2D eigenvalue weighted by atomic mass is 16.5. The molecule has 3 nitrogen and oxygen atoms in total. The summed E-state index contributed by atoms with van der Waals surface area (Å²) in [5.74, 6) is 0.292. The molecule has 2 N–H and O–H groups in total. The van der Waals surface area contributed by atoms with Gasteiger partial charge < -0.3 is 15.3 Å². The van der Waals surface area contributed by atoms with Crippen LogP contribution in [0, 0.1) is 0 Å². The number of ketones is 1. The molecule has 0 aromatic heterocycles. The van der Waals surface area contributed by atoms with Crippen LogP contribution in [0.3, 0.4) is 0 Å². The van der Waals surface area contributed by atoms with Gasteiger partial charge in [0.1, 0.15) is 5.78 Å². The Hall–Kier alpha value is -0.410. The lowest BCUT2D eigenvalue weighted by atomic mass is 10.1. The molecule has 0 bridgehead atoms. The van der Waals surface area contributed by atoms with Gasteiger partial charge in [0, 0.05) is 19.6 Å². The first kappa shape index (κ1) is 15.6. The van der Waals surface area contributed by atoms with E-state index in [1.54, 1.807) is 6.92 Å². The van der Waals surface area contributed by atoms with Crippen LogP contribution >= 0.6 is 0 Å². The van der Waals surface area contributed by atoms with Crippen LogP contribution in [0.4, 0.5) is 0 Å². The van der Waals surface area contributed by atoms with Gasteiger partial charge in [0.2, 0.25) is 0 Å². The van der Waals surface area contributed by atoms with Crippen LogP contribution in [-0.2, 0) is 9.53 Å². The SMILES string of the molecule is CC(=O)CCCCCOCCCCCCN. The zero-order valence-corrected chi connectivity index (χ0v) is 10.7. The molecule has 0 atom stereocenters. The maximum Gasteiger partial charge on any atom is 0.129 e. The molecule has 0 aromatic rings. The van der Waals surface area contributed by atoms with Crippen LogP contribution in [0.2, 0.25) is 0 Å². The van der Waals surface area contributed by atoms with Crippen LogP contribution in [0.15, 0.2) is 0 Å². The van der Waals surface area contributed by atoms with Gasteiger partial charge in [-0.05, 0) is 39.2 Å². The minimum absolute atomic E-state index is 0.292. The van der Waals surface area contributed by atoms with E-state index in [4.69, 9.17) is 10.5 Å². The molecule has 0 spiro atoms. The summed E-state index contributed by atoms with van der Waals surface area (Å²) in [6.45, 7) is 4.17. The van der Waals surface area contributed by atoms with Crippen LogP contribution in [0.1, 0.15) is 58.3 Å². The second-order valence-electron chi connectivity index (χ2n) is 4.33. The van der Waals surface area contributed by atoms with Crippen molar-refractivity contribution in [3.05, 3.63) is 0 Å². The standard InChI is InChI=1S/C13H27NO2/c1-13(15)9-5-4-8-12-16-11-7-3-2-6-10-14/h2-12,14H2,1H3. The maximum absolute atomic E-state index is 10.7. The second-order valence-corrected chi connectivity index (χ2v) is 4.33. The largest absolute Gasteiger partial charge is 0.381 e. The number of Topliss-reactive ketones (excluding diaryl/α,β-unsaturated/α-hetero) is 1. The Morgan fingerprint density at radius 1 is 0.938 bits per heavy atom. The summed E-state index contributed by atoms with van der Waals surface area (Å²) in [5, 5.41) is 0. The predicted molar refractivity (Wildman–Crippen MR) is 67.5 cm³/mol. The fourth-order valence-corrected chi connectivity index (χ4v) is 1.56. The first-order chi connectivity index (χ1) is 7.77. The quantitative estimate of drug-likeness (QED) is 0.523. The lowest BCUT2D eigenvalue weighted by Gasteiger charge is -2.03. The highest BCUT2D eigenvalue weighted by Gasteiger charge is 1.94.